The number of carboxylic acid groups (broad SMARTS) is 1. The minimum Gasteiger partial charge on any atom is -0.508 e. The molecule has 0 aliphatic carbocycles. The molecule has 0 aromatic heterocycles. The molecule has 0 atom stereocenters. The van der Waals surface area contributed by atoms with E-state index in [1.165, 1.54) is 24.3 Å². The number of phenols is 2. The van der Waals surface area contributed by atoms with Crippen LogP contribution in [0, 0.1) is 6.92 Å². The van der Waals surface area contributed by atoms with Crippen LogP contribution in [-0.4, -0.2) is 27.2 Å². The van der Waals surface area contributed by atoms with E-state index in [9.17, 15) is 19.8 Å². The van der Waals surface area contributed by atoms with E-state index in [4.69, 9.17) is 5.11 Å². The molecular weight excluding hydrogens is 298 g/mol. The molecule has 6 nitrogen and oxygen atoms in total. The molecule has 0 saturated heterocycles. The van der Waals surface area contributed by atoms with Crippen molar-refractivity contribution in [3.05, 3.63) is 59.2 Å². The van der Waals surface area contributed by atoms with Gasteiger partial charge in [0.2, 0.25) is 5.91 Å². The Morgan fingerprint density at radius 1 is 1.09 bits per heavy atom. The molecule has 1 amide bonds. The highest BCUT2D eigenvalue weighted by molar-refractivity contribution is 6.06. The smallest absolute Gasteiger partial charge is 0.337 e. The molecular formula is C17H15NO5. The van der Waals surface area contributed by atoms with E-state index in [1.807, 2.05) is 0 Å². The van der Waals surface area contributed by atoms with Crippen molar-refractivity contribution in [1.82, 2.24) is 0 Å². The van der Waals surface area contributed by atoms with E-state index in [0.717, 1.165) is 11.6 Å². The number of hydrogen-bond acceptors (Lipinski definition) is 4. The lowest BCUT2D eigenvalue weighted by molar-refractivity contribution is -0.111. The zero-order valence-corrected chi connectivity index (χ0v) is 12.3. The Hall–Kier alpha value is -3.28. The van der Waals surface area contributed by atoms with Gasteiger partial charge in [-0.05, 0) is 54.5 Å². The van der Waals surface area contributed by atoms with Crippen LogP contribution in [0.1, 0.15) is 21.5 Å². The van der Waals surface area contributed by atoms with Crippen molar-refractivity contribution in [3.63, 3.8) is 0 Å². The van der Waals surface area contributed by atoms with Gasteiger partial charge in [0.25, 0.3) is 0 Å². The molecule has 118 valence electrons. The normalized spacial score (nSPS) is 10.7. The summed E-state index contributed by atoms with van der Waals surface area (Å²) in [4.78, 5) is 23.0. The number of carboxylic acids is 1. The Labute approximate surface area is 132 Å². The molecule has 0 radical (unpaired) electrons. The van der Waals surface area contributed by atoms with Gasteiger partial charge in [-0.1, -0.05) is 6.07 Å². The van der Waals surface area contributed by atoms with Crippen LogP contribution in [-0.2, 0) is 4.79 Å². The van der Waals surface area contributed by atoms with Crippen molar-refractivity contribution in [2.24, 2.45) is 0 Å². The second-order valence-electron chi connectivity index (χ2n) is 4.90. The maximum absolute atomic E-state index is 11.9. The summed E-state index contributed by atoms with van der Waals surface area (Å²) in [5, 5.41) is 30.3. The first kappa shape index (κ1) is 16.1. The predicted molar refractivity (Wildman–Crippen MR) is 85.6 cm³/mol. The highest BCUT2D eigenvalue weighted by Gasteiger charge is 2.12. The molecule has 6 heteroatoms. The van der Waals surface area contributed by atoms with Crippen LogP contribution in [0.15, 0.2) is 42.5 Å². The summed E-state index contributed by atoms with van der Waals surface area (Å²) in [6, 6.07) is 8.54. The molecule has 0 aliphatic heterocycles. The van der Waals surface area contributed by atoms with Crippen LogP contribution in [0.3, 0.4) is 0 Å². The van der Waals surface area contributed by atoms with E-state index in [1.54, 1.807) is 25.1 Å². The van der Waals surface area contributed by atoms with Gasteiger partial charge in [0, 0.05) is 6.08 Å². The monoisotopic (exact) mass is 313 g/mol. The maximum Gasteiger partial charge on any atom is 0.337 e. The van der Waals surface area contributed by atoms with Crippen LogP contribution >= 0.6 is 0 Å². The largest absolute Gasteiger partial charge is 0.508 e. The molecule has 0 saturated carbocycles. The van der Waals surface area contributed by atoms with Crippen molar-refractivity contribution in [1.29, 1.82) is 0 Å². The summed E-state index contributed by atoms with van der Waals surface area (Å²) in [7, 11) is 0. The Morgan fingerprint density at radius 2 is 1.83 bits per heavy atom. The second kappa shape index (κ2) is 6.65. The molecule has 0 heterocycles. The topological polar surface area (TPSA) is 107 Å². The second-order valence-corrected chi connectivity index (χ2v) is 4.90. The zero-order valence-electron chi connectivity index (χ0n) is 12.3. The van der Waals surface area contributed by atoms with E-state index < -0.39 is 11.9 Å². The van der Waals surface area contributed by atoms with Gasteiger partial charge < -0.3 is 20.6 Å². The summed E-state index contributed by atoms with van der Waals surface area (Å²) in [6.07, 6.45) is 2.80. The van der Waals surface area contributed by atoms with Gasteiger partial charge in [-0.3, -0.25) is 4.79 Å². The molecule has 0 fully saturated rings. The number of phenolic OH excluding ortho intramolecular Hbond substituents is 2. The molecule has 2 aromatic rings. The van der Waals surface area contributed by atoms with Crippen molar-refractivity contribution in [2.75, 3.05) is 5.32 Å². The average molecular weight is 313 g/mol. The number of hydrogen-bond donors (Lipinski definition) is 4. The number of rotatable bonds is 4. The number of amides is 1. The summed E-state index contributed by atoms with van der Waals surface area (Å²) in [5.74, 6) is -1.80. The molecule has 2 rings (SSSR count). The van der Waals surface area contributed by atoms with Gasteiger partial charge in [0.1, 0.15) is 11.5 Å². The molecule has 4 N–H and O–H groups in total. The fraction of sp³-hybridized carbons (Fsp3) is 0.0588. The van der Waals surface area contributed by atoms with E-state index >= 15 is 0 Å². The third-order valence-corrected chi connectivity index (χ3v) is 3.14. The summed E-state index contributed by atoms with van der Waals surface area (Å²) < 4.78 is 0. The Balaban J connectivity index is 2.15. The number of carbonyl (C=O) groups is 2. The zero-order chi connectivity index (χ0) is 17.0. The minimum atomic E-state index is -1.26. The standard InChI is InChI=1S/C17H15NO5/c1-10-8-11(2-6-15(10)20)3-7-16(21)18-14-5-4-12(19)9-13(14)17(22)23/h2-9,19-20H,1H3,(H,18,21)(H,22,23)/b7-3+. The molecule has 0 spiro atoms. The Kier molecular flexibility index (Phi) is 4.66. The van der Waals surface area contributed by atoms with Crippen LogP contribution in [0.2, 0.25) is 0 Å². The lowest BCUT2D eigenvalue weighted by atomic mass is 10.1. The lowest BCUT2D eigenvalue weighted by Gasteiger charge is -2.07. The van der Waals surface area contributed by atoms with Gasteiger partial charge in [0.05, 0.1) is 11.3 Å². The summed E-state index contributed by atoms with van der Waals surface area (Å²) >= 11 is 0. The van der Waals surface area contributed by atoms with Crippen molar-refractivity contribution < 1.29 is 24.9 Å². The molecule has 2 aromatic carbocycles. The van der Waals surface area contributed by atoms with Gasteiger partial charge in [-0.25, -0.2) is 4.79 Å². The van der Waals surface area contributed by atoms with Crippen LogP contribution in [0.25, 0.3) is 6.08 Å². The number of carbonyl (C=O) groups excluding carboxylic acids is 1. The Morgan fingerprint density at radius 3 is 2.48 bits per heavy atom. The summed E-state index contributed by atoms with van der Waals surface area (Å²) in [6.45, 7) is 1.74. The molecule has 0 aliphatic rings. The molecule has 0 bridgehead atoms. The van der Waals surface area contributed by atoms with Crippen LogP contribution in [0.4, 0.5) is 5.69 Å². The van der Waals surface area contributed by atoms with E-state index in [2.05, 4.69) is 5.32 Å². The van der Waals surface area contributed by atoms with Crippen LogP contribution < -0.4 is 5.32 Å². The van der Waals surface area contributed by atoms with Crippen molar-refractivity contribution in [3.8, 4) is 11.5 Å². The first-order valence-electron chi connectivity index (χ1n) is 6.72. The third-order valence-electron chi connectivity index (χ3n) is 3.14. The average Bonchev–Trinajstić information content (AvgIpc) is 2.50. The lowest BCUT2D eigenvalue weighted by Crippen LogP contribution is -2.11. The van der Waals surface area contributed by atoms with Crippen LogP contribution in [0.5, 0.6) is 11.5 Å². The predicted octanol–water partition coefficient (Wildman–Crippen LogP) is 2.76. The van der Waals surface area contributed by atoms with Crippen molar-refractivity contribution in [2.45, 2.75) is 6.92 Å². The number of aryl methyl sites for hydroxylation is 1. The third kappa shape index (κ3) is 4.10. The summed E-state index contributed by atoms with van der Waals surface area (Å²) in [5.41, 5.74) is 1.29. The minimum absolute atomic E-state index is 0.0897. The van der Waals surface area contributed by atoms with Gasteiger partial charge >= 0.3 is 5.97 Å². The number of benzene rings is 2. The SMILES string of the molecule is Cc1cc(/C=C/C(=O)Nc2ccc(O)cc2C(=O)O)ccc1O. The first-order valence-corrected chi connectivity index (χ1v) is 6.72. The van der Waals surface area contributed by atoms with Gasteiger partial charge in [-0.15, -0.1) is 0 Å². The number of aromatic hydroxyl groups is 2. The van der Waals surface area contributed by atoms with Crippen molar-refractivity contribution >= 4 is 23.6 Å². The maximum atomic E-state index is 11.9. The molecule has 0 unspecified atom stereocenters. The van der Waals surface area contributed by atoms with E-state index in [0.29, 0.717) is 5.56 Å². The highest BCUT2D eigenvalue weighted by atomic mass is 16.4. The fourth-order valence-corrected chi connectivity index (χ4v) is 1.95. The molecule has 23 heavy (non-hydrogen) atoms. The van der Waals surface area contributed by atoms with Gasteiger partial charge in [-0.2, -0.15) is 0 Å². The number of aromatic carboxylic acids is 1. The number of anilines is 1. The van der Waals surface area contributed by atoms with Gasteiger partial charge in [0.15, 0.2) is 0 Å². The van der Waals surface area contributed by atoms with E-state index in [-0.39, 0.29) is 22.7 Å². The number of nitrogens with one attached hydrogen (secondary N) is 1. The quantitative estimate of drug-likeness (QED) is 0.513. The Bertz CT molecular complexity index is 796. The first-order chi connectivity index (χ1) is 10.9. The fourth-order valence-electron chi connectivity index (χ4n) is 1.95. The highest BCUT2D eigenvalue weighted by Crippen LogP contribution is 2.21.